The molecule has 2 aliphatic heterocycles. The van der Waals surface area contributed by atoms with Crippen LogP contribution in [0.1, 0.15) is 68.8 Å². The van der Waals surface area contributed by atoms with Gasteiger partial charge < -0.3 is 9.64 Å². The molecule has 1 aromatic rings. The molecule has 0 aromatic heterocycles. The number of fused-ring (bicyclic) bond motifs is 2. The van der Waals surface area contributed by atoms with Crippen LogP contribution in [0.15, 0.2) is 18.2 Å². The maximum atomic E-state index is 13.6. The number of nitrogens with zero attached hydrogens (tertiary/aromatic N) is 1. The second-order valence-electron chi connectivity index (χ2n) is 8.62. The van der Waals surface area contributed by atoms with Crippen LogP contribution in [0.3, 0.4) is 0 Å². The number of carbonyl (C=O) groups excluding carboxylic acids is 2. The lowest BCUT2D eigenvalue weighted by molar-refractivity contribution is -0.0260. The number of ether oxygens (including phenoxy) is 1. The van der Waals surface area contributed by atoms with Crippen LogP contribution in [0, 0.1) is 18.7 Å². The van der Waals surface area contributed by atoms with E-state index in [9.17, 15) is 14.0 Å². The smallest absolute Gasteiger partial charge is 0.410 e. The van der Waals surface area contributed by atoms with Crippen molar-refractivity contribution in [3.8, 4) is 0 Å². The van der Waals surface area contributed by atoms with Crippen LogP contribution in [0.2, 0.25) is 0 Å². The van der Waals surface area contributed by atoms with E-state index in [1.54, 1.807) is 6.07 Å². The summed E-state index contributed by atoms with van der Waals surface area (Å²) >= 11 is 0. The lowest BCUT2D eigenvalue weighted by Gasteiger charge is -2.48. The van der Waals surface area contributed by atoms with E-state index in [0.29, 0.717) is 18.4 Å². The van der Waals surface area contributed by atoms with Crippen molar-refractivity contribution in [2.24, 2.45) is 5.92 Å². The zero-order valence-electron chi connectivity index (χ0n) is 16.0. The summed E-state index contributed by atoms with van der Waals surface area (Å²) in [5.74, 6) is -0.544. The van der Waals surface area contributed by atoms with Crippen molar-refractivity contribution >= 4 is 11.9 Å². The van der Waals surface area contributed by atoms with E-state index in [0.717, 1.165) is 24.8 Å². The number of Topliss-reactive ketones (excluding diaryl/α,β-unsaturated/α-hetero) is 1. The molecule has 4 nitrogen and oxygen atoms in total. The highest BCUT2D eigenvalue weighted by Gasteiger charge is 2.44. The summed E-state index contributed by atoms with van der Waals surface area (Å²) in [5, 5.41) is 0. The molecule has 0 radical (unpaired) electrons. The molecule has 2 fully saturated rings. The Bertz CT molecular complexity index is 696. The fraction of sp³-hybridized carbons (Fsp3) is 0.619. The van der Waals surface area contributed by atoms with Crippen LogP contribution in [0.4, 0.5) is 9.18 Å². The lowest BCUT2D eigenvalue weighted by atomic mass is 9.75. The third-order valence-corrected chi connectivity index (χ3v) is 5.41. The molecule has 5 heteroatoms. The first kappa shape index (κ1) is 18.9. The SMILES string of the molecule is Cc1ccc(F)cc1C(=O)C1CC2CCCC(C1)N2C(=O)OC(C)(C)C. The fourth-order valence-corrected chi connectivity index (χ4v) is 4.29. The molecule has 26 heavy (non-hydrogen) atoms. The summed E-state index contributed by atoms with van der Waals surface area (Å²) in [6.45, 7) is 7.43. The van der Waals surface area contributed by atoms with E-state index >= 15 is 0 Å². The summed E-state index contributed by atoms with van der Waals surface area (Å²) in [6, 6.07) is 4.43. The molecular weight excluding hydrogens is 333 g/mol. The van der Waals surface area contributed by atoms with E-state index in [1.165, 1.54) is 12.1 Å². The van der Waals surface area contributed by atoms with Gasteiger partial charge in [-0.2, -0.15) is 0 Å². The Morgan fingerprint density at radius 2 is 1.77 bits per heavy atom. The molecule has 0 N–H and O–H groups in total. The van der Waals surface area contributed by atoms with Crippen LogP contribution in [-0.4, -0.2) is 34.5 Å². The molecule has 2 saturated heterocycles. The van der Waals surface area contributed by atoms with Gasteiger partial charge in [-0.1, -0.05) is 6.07 Å². The first-order valence-corrected chi connectivity index (χ1v) is 9.47. The summed E-state index contributed by atoms with van der Waals surface area (Å²) in [4.78, 5) is 27.5. The van der Waals surface area contributed by atoms with Crippen molar-refractivity contribution in [1.29, 1.82) is 0 Å². The third kappa shape index (κ3) is 3.92. The lowest BCUT2D eigenvalue weighted by Crippen LogP contribution is -2.56. The van der Waals surface area contributed by atoms with Gasteiger partial charge >= 0.3 is 6.09 Å². The second-order valence-corrected chi connectivity index (χ2v) is 8.62. The van der Waals surface area contributed by atoms with Gasteiger partial charge in [-0.3, -0.25) is 4.79 Å². The van der Waals surface area contributed by atoms with Crippen molar-refractivity contribution in [3.63, 3.8) is 0 Å². The Morgan fingerprint density at radius 1 is 1.15 bits per heavy atom. The maximum absolute atomic E-state index is 13.6. The van der Waals surface area contributed by atoms with Gasteiger partial charge in [0.15, 0.2) is 5.78 Å². The number of carbonyl (C=O) groups is 2. The highest BCUT2D eigenvalue weighted by Crippen LogP contribution is 2.39. The van der Waals surface area contributed by atoms with Gasteiger partial charge in [0.1, 0.15) is 11.4 Å². The molecule has 2 heterocycles. The van der Waals surface area contributed by atoms with Crippen molar-refractivity contribution in [1.82, 2.24) is 4.90 Å². The molecular formula is C21H28FNO3. The van der Waals surface area contributed by atoms with E-state index in [-0.39, 0.29) is 35.7 Å². The zero-order valence-corrected chi connectivity index (χ0v) is 16.0. The average molecular weight is 361 g/mol. The van der Waals surface area contributed by atoms with E-state index in [2.05, 4.69) is 0 Å². The Kier molecular flexibility index (Phi) is 5.09. The predicted octanol–water partition coefficient (Wildman–Crippen LogP) is 4.89. The Morgan fingerprint density at radius 3 is 2.35 bits per heavy atom. The highest BCUT2D eigenvalue weighted by atomic mass is 19.1. The number of hydrogen-bond donors (Lipinski definition) is 0. The van der Waals surface area contributed by atoms with E-state index in [4.69, 9.17) is 4.74 Å². The van der Waals surface area contributed by atoms with Crippen molar-refractivity contribution in [3.05, 3.63) is 35.1 Å². The topological polar surface area (TPSA) is 46.6 Å². The van der Waals surface area contributed by atoms with E-state index < -0.39 is 5.60 Å². The highest BCUT2D eigenvalue weighted by molar-refractivity contribution is 5.99. The van der Waals surface area contributed by atoms with E-state index in [1.807, 2.05) is 32.6 Å². The number of benzene rings is 1. The molecule has 3 rings (SSSR count). The van der Waals surface area contributed by atoms with Gasteiger partial charge in [0.2, 0.25) is 0 Å². The number of ketones is 1. The minimum Gasteiger partial charge on any atom is -0.444 e. The molecule has 2 unspecified atom stereocenters. The number of amides is 1. The van der Waals surface area contributed by atoms with Gasteiger partial charge in [0.05, 0.1) is 0 Å². The van der Waals surface area contributed by atoms with Crippen LogP contribution in [0.5, 0.6) is 0 Å². The largest absolute Gasteiger partial charge is 0.444 e. The first-order valence-electron chi connectivity index (χ1n) is 9.47. The molecule has 0 saturated carbocycles. The molecule has 2 bridgehead atoms. The Balaban J connectivity index is 1.78. The van der Waals surface area contributed by atoms with Gasteiger partial charge in [-0.15, -0.1) is 0 Å². The molecule has 2 aliphatic rings. The van der Waals surface area contributed by atoms with Crippen LogP contribution in [-0.2, 0) is 4.74 Å². The number of piperidine rings is 2. The molecule has 0 aliphatic carbocycles. The number of hydrogen-bond acceptors (Lipinski definition) is 3. The summed E-state index contributed by atoms with van der Waals surface area (Å²) < 4.78 is 19.2. The maximum Gasteiger partial charge on any atom is 0.410 e. The van der Waals surface area contributed by atoms with Gasteiger partial charge in [-0.05, 0) is 77.5 Å². The minimum absolute atomic E-state index is 0.00254. The van der Waals surface area contributed by atoms with Crippen molar-refractivity contribution in [2.75, 3.05) is 0 Å². The summed E-state index contributed by atoms with van der Waals surface area (Å²) in [7, 11) is 0. The minimum atomic E-state index is -0.531. The molecule has 2 atom stereocenters. The number of rotatable bonds is 2. The predicted molar refractivity (Wildman–Crippen MR) is 97.7 cm³/mol. The molecule has 0 spiro atoms. The Labute approximate surface area is 154 Å². The van der Waals surface area contributed by atoms with Gasteiger partial charge in [0.25, 0.3) is 0 Å². The monoisotopic (exact) mass is 361 g/mol. The normalized spacial score (nSPS) is 25.7. The van der Waals surface area contributed by atoms with Crippen LogP contribution >= 0.6 is 0 Å². The van der Waals surface area contributed by atoms with Crippen LogP contribution < -0.4 is 0 Å². The van der Waals surface area contributed by atoms with Crippen LogP contribution in [0.25, 0.3) is 0 Å². The molecule has 142 valence electrons. The average Bonchev–Trinajstić information content (AvgIpc) is 2.53. The number of aryl methyl sites for hydroxylation is 1. The summed E-state index contributed by atoms with van der Waals surface area (Å²) in [5.41, 5.74) is 0.742. The second kappa shape index (κ2) is 7.01. The molecule has 1 aromatic carbocycles. The molecule has 1 amide bonds. The van der Waals surface area contributed by atoms with Gasteiger partial charge in [-0.25, -0.2) is 9.18 Å². The number of halogens is 1. The standard InChI is InChI=1S/C21H28FNO3/c1-13-8-9-15(22)12-18(13)19(24)14-10-16-6-5-7-17(11-14)23(16)20(25)26-21(2,3)4/h8-9,12,14,16-17H,5-7,10-11H2,1-4H3. The zero-order chi connectivity index (χ0) is 19.1. The third-order valence-electron chi connectivity index (χ3n) is 5.41. The fourth-order valence-electron chi connectivity index (χ4n) is 4.29. The van der Waals surface area contributed by atoms with Crippen molar-refractivity contribution < 1.29 is 18.7 Å². The first-order chi connectivity index (χ1) is 12.2. The van der Waals surface area contributed by atoms with Gasteiger partial charge in [0, 0.05) is 23.6 Å². The summed E-state index contributed by atoms with van der Waals surface area (Å²) in [6.07, 6.45) is 3.83. The quantitative estimate of drug-likeness (QED) is 0.705. The Hall–Kier alpha value is -1.91. The van der Waals surface area contributed by atoms with Crippen molar-refractivity contribution in [2.45, 2.75) is 77.5 Å².